The number of hydrogen-bond acceptors (Lipinski definition) is 3. The van der Waals surface area contributed by atoms with Gasteiger partial charge in [-0.3, -0.25) is 4.79 Å². The molecule has 5 heteroatoms. The first-order valence-electron chi connectivity index (χ1n) is 8.11. The van der Waals surface area contributed by atoms with Crippen LogP contribution in [0.1, 0.15) is 28.5 Å². The molecule has 0 bridgehead atoms. The molecule has 2 heterocycles. The van der Waals surface area contributed by atoms with Gasteiger partial charge in [0.05, 0.1) is 12.2 Å². The van der Waals surface area contributed by atoms with Gasteiger partial charge in [0.1, 0.15) is 18.0 Å². The van der Waals surface area contributed by atoms with E-state index in [9.17, 15) is 4.79 Å². The fourth-order valence-corrected chi connectivity index (χ4v) is 2.45. The second-order valence-electron chi connectivity index (χ2n) is 6.16. The first kappa shape index (κ1) is 16.8. The van der Waals surface area contributed by atoms with Crippen LogP contribution < -0.4 is 10.1 Å². The number of ether oxygens (including phenoxy) is 1. The maximum Gasteiger partial charge on any atom is 0.251 e. The molecular weight excluding hydrogens is 314 g/mol. The van der Waals surface area contributed by atoms with Gasteiger partial charge in [0, 0.05) is 18.0 Å². The van der Waals surface area contributed by atoms with Crippen LogP contribution in [-0.4, -0.2) is 21.9 Å². The number of carbonyl (C=O) groups excluding carboxylic acids is 1. The fraction of sp³-hybridized carbons (Fsp3) is 0.200. The minimum absolute atomic E-state index is 0.158. The van der Waals surface area contributed by atoms with E-state index in [1.807, 2.05) is 48.8 Å². The van der Waals surface area contributed by atoms with Gasteiger partial charge in [-0.15, -0.1) is 0 Å². The zero-order chi connectivity index (χ0) is 17.8. The molecular formula is C20H21N3O2. The molecule has 1 amide bonds. The summed E-state index contributed by atoms with van der Waals surface area (Å²) in [5, 5.41) is 2.90. The molecule has 3 aromatic rings. The summed E-state index contributed by atoms with van der Waals surface area (Å²) in [5.74, 6) is 0.493. The predicted octanol–water partition coefficient (Wildman–Crippen LogP) is 3.53. The zero-order valence-corrected chi connectivity index (χ0v) is 14.5. The van der Waals surface area contributed by atoms with Gasteiger partial charge < -0.3 is 14.5 Å². The van der Waals surface area contributed by atoms with Crippen molar-refractivity contribution < 1.29 is 9.53 Å². The largest absolute Gasteiger partial charge is 0.489 e. The normalized spacial score (nSPS) is 10.6. The highest BCUT2D eigenvalue weighted by Crippen LogP contribution is 2.14. The molecule has 0 radical (unpaired) electrons. The van der Waals surface area contributed by atoms with Gasteiger partial charge in [0.2, 0.25) is 0 Å². The predicted molar refractivity (Wildman–Crippen MR) is 97.9 cm³/mol. The quantitative estimate of drug-likeness (QED) is 0.701. The summed E-state index contributed by atoms with van der Waals surface area (Å²) in [7, 11) is 0. The molecule has 0 aliphatic rings. The third-order valence-electron chi connectivity index (χ3n) is 3.66. The van der Waals surface area contributed by atoms with Crippen molar-refractivity contribution in [3.05, 3.63) is 77.8 Å². The Bertz CT molecular complexity index is 928. The third kappa shape index (κ3) is 4.26. The Balaban J connectivity index is 1.65. The number of pyridine rings is 1. The van der Waals surface area contributed by atoms with E-state index < -0.39 is 0 Å². The van der Waals surface area contributed by atoms with Gasteiger partial charge in [-0.2, -0.15) is 0 Å². The average Bonchev–Trinajstić information content (AvgIpc) is 3.00. The number of imidazole rings is 1. The van der Waals surface area contributed by atoms with Crippen LogP contribution in [0.25, 0.3) is 5.65 Å². The van der Waals surface area contributed by atoms with Crippen LogP contribution in [-0.2, 0) is 6.54 Å². The molecule has 25 heavy (non-hydrogen) atoms. The number of nitrogens with one attached hydrogen (secondary N) is 1. The van der Waals surface area contributed by atoms with Crippen LogP contribution in [0.2, 0.25) is 0 Å². The summed E-state index contributed by atoms with van der Waals surface area (Å²) in [5.41, 5.74) is 4.32. The molecule has 0 fully saturated rings. The van der Waals surface area contributed by atoms with E-state index in [2.05, 4.69) is 16.9 Å². The molecule has 0 saturated heterocycles. The van der Waals surface area contributed by atoms with E-state index in [1.54, 1.807) is 18.2 Å². The van der Waals surface area contributed by atoms with Gasteiger partial charge in [-0.1, -0.05) is 18.7 Å². The summed E-state index contributed by atoms with van der Waals surface area (Å²) in [6.45, 7) is 8.54. The van der Waals surface area contributed by atoms with Crippen molar-refractivity contribution in [1.82, 2.24) is 14.7 Å². The Morgan fingerprint density at radius 2 is 2.12 bits per heavy atom. The van der Waals surface area contributed by atoms with Gasteiger partial charge in [0.25, 0.3) is 5.91 Å². The minimum atomic E-state index is -0.158. The van der Waals surface area contributed by atoms with Crippen molar-refractivity contribution in [3.8, 4) is 5.75 Å². The van der Waals surface area contributed by atoms with Gasteiger partial charge in [-0.05, 0) is 49.2 Å². The fourth-order valence-electron chi connectivity index (χ4n) is 2.45. The van der Waals surface area contributed by atoms with Crippen LogP contribution in [0.4, 0.5) is 0 Å². The van der Waals surface area contributed by atoms with E-state index in [0.29, 0.717) is 24.5 Å². The van der Waals surface area contributed by atoms with Gasteiger partial charge in [-0.25, -0.2) is 4.98 Å². The molecule has 0 unspecified atom stereocenters. The Hall–Kier alpha value is -3.08. The third-order valence-corrected chi connectivity index (χ3v) is 3.66. The molecule has 5 nitrogen and oxygen atoms in total. The topological polar surface area (TPSA) is 55.6 Å². The lowest BCUT2D eigenvalue weighted by atomic mass is 10.2. The van der Waals surface area contributed by atoms with E-state index in [4.69, 9.17) is 4.74 Å². The molecule has 0 atom stereocenters. The van der Waals surface area contributed by atoms with Gasteiger partial charge >= 0.3 is 0 Å². The highest BCUT2D eigenvalue weighted by molar-refractivity contribution is 5.94. The Morgan fingerprint density at radius 1 is 1.28 bits per heavy atom. The molecule has 1 aromatic carbocycles. The number of amides is 1. The maximum atomic E-state index is 12.4. The highest BCUT2D eigenvalue weighted by atomic mass is 16.5. The van der Waals surface area contributed by atoms with Crippen molar-refractivity contribution in [2.24, 2.45) is 0 Å². The lowest BCUT2D eigenvalue weighted by molar-refractivity contribution is 0.0950. The van der Waals surface area contributed by atoms with Crippen molar-refractivity contribution >= 4 is 11.6 Å². The summed E-state index contributed by atoms with van der Waals surface area (Å²) in [6, 6.07) is 11.1. The summed E-state index contributed by atoms with van der Waals surface area (Å²) < 4.78 is 7.54. The van der Waals surface area contributed by atoms with E-state index in [1.165, 1.54) is 0 Å². The van der Waals surface area contributed by atoms with Crippen LogP contribution >= 0.6 is 0 Å². The summed E-state index contributed by atoms with van der Waals surface area (Å²) >= 11 is 0. The van der Waals surface area contributed by atoms with Crippen LogP contribution in [0.5, 0.6) is 5.75 Å². The van der Waals surface area contributed by atoms with E-state index >= 15 is 0 Å². The monoisotopic (exact) mass is 335 g/mol. The van der Waals surface area contributed by atoms with E-state index in [-0.39, 0.29) is 5.91 Å². The number of fused-ring (bicyclic) bond motifs is 1. The Kier molecular flexibility index (Phi) is 4.84. The lowest BCUT2D eigenvalue weighted by Gasteiger charge is -2.08. The number of benzene rings is 1. The average molecular weight is 335 g/mol. The SMILES string of the molecule is C=C(C)COc1cccc(C(=O)NCc2cn3cc(C)ccc3n2)c1. The first-order valence-corrected chi connectivity index (χ1v) is 8.11. The standard InChI is InChI=1S/C20H21N3O2/c1-14(2)13-25-18-6-4-5-16(9-18)20(24)21-10-17-12-23-11-15(3)7-8-19(23)22-17/h4-9,11-12H,1,10,13H2,2-3H3,(H,21,24). The Labute approximate surface area is 147 Å². The van der Waals surface area contributed by atoms with E-state index in [0.717, 1.165) is 22.5 Å². The molecule has 0 aliphatic carbocycles. The zero-order valence-electron chi connectivity index (χ0n) is 14.5. The van der Waals surface area contributed by atoms with Crippen LogP contribution in [0.15, 0.2) is 60.9 Å². The lowest BCUT2D eigenvalue weighted by Crippen LogP contribution is -2.22. The molecule has 0 aliphatic heterocycles. The maximum absolute atomic E-state index is 12.4. The molecule has 128 valence electrons. The summed E-state index contributed by atoms with van der Waals surface area (Å²) in [6.07, 6.45) is 3.94. The van der Waals surface area contributed by atoms with Crippen molar-refractivity contribution in [2.45, 2.75) is 20.4 Å². The first-order chi connectivity index (χ1) is 12.0. The van der Waals surface area contributed by atoms with Crippen molar-refractivity contribution in [2.75, 3.05) is 6.61 Å². The second-order valence-corrected chi connectivity index (χ2v) is 6.16. The smallest absolute Gasteiger partial charge is 0.251 e. The number of carbonyl (C=O) groups is 1. The number of aromatic nitrogens is 2. The van der Waals surface area contributed by atoms with Crippen molar-refractivity contribution in [3.63, 3.8) is 0 Å². The molecule has 0 spiro atoms. The minimum Gasteiger partial charge on any atom is -0.489 e. The van der Waals surface area contributed by atoms with Crippen molar-refractivity contribution in [1.29, 1.82) is 0 Å². The molecule has 2 aromatic heterocycles. The number of hydrogen-bond donors (Lipinski definition) is 1. The molecule has 1 N–H and O–H groups in total. The number of aryl methyl sites for hydroxylation is 1. The van der Waals surface area contributed by atoms with Gasteiger partial charge in [0.15, 0.2) is 0 Å². The highest BCUT2D eigenvalue weighted by Gasteiger charge is 2.08. The second kappa shape index (κ2) is 7.21. The Morgan fingerprint density at radius 3 is 2.92 bits per heavy atom. The number of nitrogens with zero attached hydrogens (tertiary/aromatic N) is 2. The molecule has 0 saturated carbocycles. The van der Waals surface area contributed by atoms with Crippen LogP contribution in [0, 0.1) is 6.92 Å². The number of rotatable bonds is 6. The summed E-state index contributed by atoms with van der Waals surface area (Å²) in [4.78, 5) is 16.9. The van der Waals surface area contributed by atoms with Crippen LogP contribution in [0.3, 0.4) is 0 Å². The molecule has 3 rings (SSSR count).